The van der Waals surface area contributed by atoms with Gasteiger partial charge in [-0.1, -0.05) is 42.5 Å². The second-order valence-electron chi connectivity index (χ2n) is 5.53. The van der Waals surface area contributed by atoms with Crippen molar-refractivity contribution in [2.45, 2.75) is 0 Å². The van der Waals surface area contributed by atoms with Crippen molar-refractivity contribution in [1.82, 2.24) is 4.98 Å². The van der Waals surface area contributed by atoms with Gasteiger partial charge in [0.15, 0.2) is 5.82 Å². The molecule has 22 heavy (non-hydrogen) atoms. The zero-order valence-corrected chi connectivity index (χ0v) is 12.5. The summed E-state index contributed by atoms with van der Waals surface area (Å²) in [5.74, 6) is 1.02. The van der Waals surface area contributed by atoms with Crippen LogP contribution in [0.25, 0.3) is 11.1 Å². The van der Waals surface area contributed by atoms with Gasteiger partial charge in [0.25, 0.3) is 0 Å². The lowest BCUT2D eigenvalue weighted by molar-refractivity contribution is 0.944. The molecule has 0 bridgehead atoms. The molecular formula is C19H17N3. The molecule has 0 unspecified atom stereocenters. The van der Waals surface area contributed by atoms with Crippen molar-refractivity contribution in [1.29, 1.82) is 0 Å². The Morgan fingerprint density at radius 1 is 0.864 bits per heavy atom. The van der Waals surface area contributed by atoms with Crippen molar-refractivity contribution < 1.29 is 0 Å². The number of pyridine rings is 1. The topological polar surface area (TPSA) is 19.4 Å². The van der Waals surface area contributed by atoms with Gasteiger partial charge in [-0.3, -0.25) is 0 Å². The molecule has 3 nitrogen and oxygen atoms in total. The fraction of sp³-hybridized carbons (Fsp3) is 0.105. The van der Waals surface area contributed by atoms with Crippen LogP contribution in [0.15, 0.2) is 72.9 Å². The Kier molecular flexibility index (Phi) is 3.04. The molecule has 1 aliphatic rings. The molecule has 0 saturated heterocycles. The lowest BCUT2D eigenvalue weighted by atomic mass is 10.1. The quantitative estimate of drug-likeness (QED) is 0.700. The van der Waals surface area contributed by atoms with Crippen molar-refractivity contribution >= 4 is 17.2 Å². The summed E-state index contributed by atoms with van der Waals surface area (Å²) in [5, 5.41) is 0. The van der Waals surface area contributed by atoms with Crippen LogP contribution < -0.4 is 9.80 Å². The van der Waals surface area contributed by atoms with Crippen LogP contribution in [0.3, 0.4) is 0 Å². The largest absolute Gasteiger partial charge is 0.354 e. The molecule has 2 aromatic carbocycles. The third-order valence-corrected chi connectivity index (χ3v) is 4.05. The van der Waals surface area contributed by atoms with Crippen molar-refractivity contribution in [2.24, 2.45) is 0 Å². The summed E-state index contributed by atoms with van der Waals surface area (Å²) in [6.07, 6.45) is 1.85. The second kappa shape index (κ2) is 5.19. The van der Waals surface area contributed by atoms with E-state index in [0.717, 1.165) is 12.5 Å². The number of rotatable bonds is 2. The first-order valence-corrected chi connectivity index (χ1v) is 7.42. The number of anilines is 3. The van der Waals surface area contributed by atoms with Gasteiger partial charge in [-0.15, -0.1) is 0 Å². The van der Waals surface area contributed by atoms with Crippen LogP contribution >= 0.6 is 0 Å². The fourth-order valence-corrected chi connectivity index (χ4v) is 2.94. The average Bonchev–Trinajstić information content (AvgIpc) is 2.93. The van der Waals surface area contributed by atoms with Gasteiger partial charge in [-0.25, -0.2) is 4.98 Å². The zero-order valence-electron chi connectivity index (χ0n) is 12.5. The Morgan fingerprint density at radius 2 is 1.68 bits per heavy atom. The molecule has 3 aromatic rings. The van der Waals surface area contributed by atoms with E-state index in [2.05, 4.69) is 76.4 Å². The van der Waals surface area contributed by atoms with E-state index < -0.39 is 0 Å². The van der Waals surface area contributed by atoms with E-state index in [-0.39, 0.29) is 0 Å². The maximum Gasteiger partial charge on any atom is 0.158 e. The van der Waals surface area contributed by atoms with Crippen LogP contribution in [0.1, 0.15) is 0 Å². The maximum absolute atomic E-state index is 4.55. The minimum absolute atomic E-state index is 0.824. The zero-order chi connectivity index (χ0) is 14.9. The number of benzene rings is 2. The lowest BCUT2D eigenvalue weighted by Gasteiger charge is -2.19. The van der Waals surface area contributed by atoms with E-state index in [9.17, 15) is 0 Å². The highest BCUT2D eigenvalue weighted by molar-refractivity contribution is 5.80. The van der Waals surface area contributed by atoms with Crippen molar-refractivity contribution in [3.05, 3.63) is 72.9 Å². The van der Waals surface area contributed by atoms with Crippen molar-refractivity contribution in [2.75, 3.05) is 23.5 Å². The number of aromatic nitrogens is 1. The SMILES string of the molecule is CN1CN(c2cccc(-c3ccccc3)c2)c2ncccc21. The summed E-state index contributed by atoms with van der Waals surface area (Å²) in [5.41, 5.74) is 4.81. The van der Waals surface area contributed by atoms with E-state index in [0.29, 0.717) is 0 Å². The van der Waals surface area contributed by atoms with Crippen molar-refractivity contribution in [3.8, 4) is 11.1 Å². The molecule has 0 N–H and O–H groups in total. The average molecular weight is 287 g/mol. The Balaban J connectivity index is 1.76. The van der Waals surface area contributed by atoms with Gasteiger partial charge in [0.2, 0.25) is 0 Å². The Morgan fingerprint density at radius 3 is 2.55 bits per heavy atom. The molecular weight excluding hydrogens is 270 g/mol. The van der Waals surface area contributed by atoms with Gasteiger partial charge >= 0.3 is 0 Å². The first-order valence-electron chi connectivity index (χ1n) is 7.42. The molecule has 0 aliphatic carbocycles. The standard InChI is InChI=1S/C19H17N3/c1-21-14-22(19-18(21)11-6-12-20-19)17-10-5-9-16(13-17)15-7-3-2-4-8-15/h2-13H,14H2,1H3. The number of hydrogen-bond acceptors (Lipinski definition) is 3. The molecule has 108 valence electrons. The van der Waals surface area contributed by atoms with Crippen LogP contribution in [-0.4, -0.2) is 18.7 Å². The summed E-state index contributed by atoms with van der Waals surface area (Å²) < 4.78 is 0. The van der Waals surface area contributed by atoms with Crippen LogP contribution in [-0.2, 0) is 0 Å². The van der Waals surface area contributed by atoms with Gasteiger partial charge < -0.3 is 9.80 Å². The van der Waals surface area contributed by atoms with Gasteiger partial charge in [0.1, 0.15) is 0 Å². The monoisotopic (exact) mass is 287 g/mol. The van der Waals surface area contributed by atoms with E-state index >= 15 is 0 Å². The highest BCUT2D eigenvalue weighted by atomic mass is 15.4. The lowest BCUT2D eigenvalue weighted by Crippen LogP contribution is -2.24. The van der Waals surface area contributed by atoms with Gasteiger partial charge in [0.05, 0.1) is 12.4 Å². The smallest absolute Gasteiger partial charge is 0.158 e. The third-order valence-electron chi connectivity index (χ3n) is 4.05. The highest BCUT2D eigenvalue weighted by Gasteiger charge is 2.25. The molecule has 3 heteroatoms. The van der Waals surface area contributed by atoms with E-state index in [1.54, 1.807) is 0 Å². The first-order chi connectivity index (χ1) is 10.8. The summed E-state index contributed by atoms with van der Waals surface area (Å²) >= 11 is 0. The molecule has 0 amide bonds. The summed E-state index contributed by atoms with van der Waals surface area (Å²) in [7, 11) is 2.10. The molecule has 2 heterocycles. The molecule has 0 atom stereocenters. The fourth-order valence-electron chi connectivity index (χ4n) is 2.94. The highest BCUT2D eigenvalue weighted by Crippen LogP contribution is 2.38. The summed E-state index contributed by atoms with van der Waals surface area (Å²) in [6.45, 7) is 0.824. The van der Waals surface area contributed by atoms with E-state index in [4.69, 9.17) is 0 Å². The minimum atomic E-state index is 0.824. The van der Waals surface area contributed by atoms with Gasteiger partial charge in [-0.05, 0) is 35.4 Å². The molecule has 0 saturated carbocycles. The predicted octanol–water partition coefficient (Wildman–Crippen LogP) is 4.29. The second-order valence-corrected chi connectivity index (χ2v) is 5.53. The number of hydrogen-bond donors (Lipinski definition) is 0. The molecule has 0 radical (unpaired) electrons. The maximum atomic E-state index is 4.55. The van der Waals surface area contributed by atoms with Gasteiger partial charge in [-0.2, -0.15) is 0 Å². The molecule has 1 aromatic heterocycles. The first kappa shape index (κ1) is 12.9. The molecule has 0 fully saturated rings. The molecule has 4 rings (SSSR count). The van der Waals surface area contributed by atoms with E-state index in [1.165, 1.54) is 22.5 Å². The van der Waals surface area contributed by atoms with Crippen LogP contribution in [0, 0.1) is 0 Å². The van der Waals surface area contributed by atoms with Crippen LogP contribution in [0.4, 0.5) is 17.2 Å². The van der Waals surface area contributed by atoms with Crippen molar-refractivity contribution in [3.63, 3.8) is 0 Å². The normalized spacial score (nSPS) is 13.3. The van der Waals surface area contributed by atoms with Gasteiger partial charge in [0, 0.05) is 18.9 Å². The van der Waals surface area contributed by atoms with E-state index in [1.807, 2.05) is 18.3 Å². The Bertz CT molecular complexity index is 799. The molecule has 0 spiro atoms. The van der Waals surface area contributed by atoms with Crippen LogP contribution in [0.2, 0.25) is 0 Å². The number of nitrogens with zero attached hydrogens (tertiary/aromatic N) is 3. The number of fused-ring (bicyclic) bond motifs is 1. The Hall–Kier alpha value is -2.81. The summed E-state index contributed by atoms with van der Waals surface area (Å²) in [6, 6.07) is 23.2. The Labute approximate surface area is 130 Å². The predicted molar refractivity (Wildman–Crippen MR) is 91.5 cm³/mol. The third kappa shape index (κ3) is 2.11. The summed E-state index contributed by atoms with van der Waals surface area (Å²) in [4.78, 5) is 9.03. The molecule has 1 aliphatic heterocycles. The van der Waals surface area contributed by atoms with Crippen LogP contribution in [0.5, 0.6) is 0 Å². The minimum Gasteiger partial charge on any atom is -0.354 e.